The molecule has 128 valence electrons. The van der Waals surface area contributed by atoms with Gasteiger partial charge in [0.15, 0.2) is 0 Å². The van der Waals surface area contributed by atoms with Crippen molar-refractivity contribution in [3.63, 3.8) is 0 Å². The maximum atomic E-state index is 12.0. The summed E-state index contributed by atoms with van der Waals surface area (Å²) < 4.78 is 5.66. The van der Waals surface area contributed by atoms with Crippen LogP contribution in [0.15, 0.2) is 48.5 Å². The van der Waals surface area contributed by atoms with E-state index in [9.17, 15) is 4.79 Å². The first kappa shape index (κ1) is 18.1. The molecule has 2 aromatic rings. The number of benzene rings is 2. The van der Waals surface area contributed by atoms with E-state index < -0.39 is 0 Å². The van der Waals surface area contributed by atoms with Gasteiger partial charge >= 0.3 is 0 Å². The molecule has 0 aliphatic carbocycles. The van der Waals surface area contributed by atoms with E-state index in [1.165, 1.54) is 0 Å². The topological polar surface area (TPSA) is 50.4 Å². The van der Waals surface area contributed by atoms with Crippen LogP contribution in [-0.2, 0) is 4.79 Å². The second-order valence-corrected chi connectivity index (χ2v) is 6.40. The summed E-state index contributed by atoms with van der Waals surface area (Å²) in [6.07, 6.45) is 1.02. The van der Waals surface area contributed by atoms with Crippen LogP contribution in [0.5, 0.6) is 5.75 Å². The smallest absolute Gasteiger partial charge is 0.243 e. The molecule has 4 nitrogen and oxygen atoms in total. The molecule has 2 rings (SSSR count). The van der Waals surface area contributed by atoms with Crippen LogP contribution < -0.4 is 15.4 Å². The fourth-order valence-corrected chi connectivity index (χ4v) is 2.22. The van der Waals surface area contributed by atoms with Crippen molar-refractivity contribution in [2.45, 2.75) is 20.3 Å². The molecule has 0 heterocycles. The van der Waals surface area contributed by atoms with Gasteiger partial charge in [-0.05, 0) is 54.8 Å². The predicted molar refractivity (Wildman–Crippen MR) is 100.0 cm³/mol. The number of halogens is 1. The molecule has 0 aliphatic rings. The van der Waals surface area contributed by atoms with Gasteiger partial charge in [0.05, 0.1) is 13.2 Å². The Hall–Kier alpha value is -2.20. The van der Waals surface area contributed by atoms with Crippen molar-refractivity contribution < 1.29 is 9.53 Å². The first-order valence-corrected chi connectivity index (χ1v) is 8.43. The van der Waals surface area contributed by atoms with E-state index in [1.54, 1.807) is 12.1 Å². The number of ether oxygens (including phenoxy) is 1. The average molecular weight is 347 g/mol. The predicted octanol–water partition coefficient (Wildman–Crippen LogP) is 4.82. The van der Waals surface area contributed by atoms with Crippen LogP contribution in [0.3, 0.4) is 0 Å². The maximum Gasteiger partial charge on any atom is 0.243 e. The molecule has 0 saturated carbocycles. The van der Waals surface area contributed by atoms with Gasteiger partial charge in [0.2, 0.25) is 5.91 Å². The quantitative estimate of drug-likeness (QED) is 0.720. The van der Waals surface area contributed by atoms with Gasteiger partial charge in [0.25, 0.3) is 0 Å². The molecule has 0 aromatic heterocycles. The van der Waals surface area contributed by atoms with Crippen molar-refractivity contribution in [3.05, 3.63) is 53.6 Å². The van der Waals surface area contributed by atoms with E-state index in [0.29, 0.717) is 17.5 Å². The summed E-state index contributed by atoms with van der Waals surface area (Å²) >= 11 is 5.91. The Morgan fingerprint density at radius 2 is 1.88 bits per heavy atom. The first-order valence-electron chi connectivity index (χ1n) is 8.05. The zero-order chi connectivity index (χ0) is 17.4. The highest BCUT2D eigenvalue weighted by atomic mass is 35.5. The molecule has 0 fully saturated rings. The molecule has 2 N–H and O–H groups in total. The highest BCUT2D eigenvalue weighted by Gasteiger charge is 2.03. The number of hydrogen-bond acceptors (Lipinski definition) is 3. The monoisotopic (exact) mass is 346 g/mol. The van der Waals surface area contributed by atoms with Crippen molar-refractivity contribution in [2.24, 2.45) is 5.92 Å². The zero-order valence-corrected chi connectivity index (χ0v) is 14.8. The third-order valence-electron chi connectivity index (χ3n) is 3.38. The van der Waals surface area contributed by atoms with Crippen LogP contribution in [0, 0.1) is 5.92 Å². The maximum absolute atomic E-state index is 12.0. The Morgan fingerprint density at radius 3 is 2.54 bits per heavy atom. The number of carbonyl (C=O) groups excluding carboxylic acids is 1. The SMILES string of the molecule is CC(C)CCOc1ccc(NC(=O)CNc2cccc(Cl)c2)cc1. The van der Waals surface area contributed by atoms with Gasteiger partial charge in [0, 0.05) is 16.4 Å². The van der Waals surface area contributed by atoms with Gasteiger partial charge in [-0.2, -0.15) is 0 Å². The fraction of sp³-hybridized carbons (Fsp3) is 0.316. The van der Waals surface area contributed by atoms with Crippen LogP contribution in [0.25, 0.3) is 0 Å². The summed E-state index contributed by atoms with van der Waals surface area (Å²) in [6, 6.07) is 14.7. The highest BCUT2D eigenvalue weighted by Crippen LogP contribution is 2.17. The lowest BCUT2D eigenvalue weighted by Gasteiger charge is -2.10. The Balaban J connectivity index is 1.77. The third-order valence-corrected chi connectivity index (χ3v) is 3.61. The summed E-state index contributed by atoms with van der Waals surface area (Å²) in [5, 5.41) is 6.51. The Bertz CT molecular complexity index is 657. The standard InChI is InChI=1S/C19H23ClN2O2/c1-14(2)10-11-24-18-8-6-16(7-9-18)22-19(23)13-21-17-5-3-4-15(20)12-17/h3-9,12,14,21H,10-11,13H2,1-2H3,(H,22,23). The van der Waals surface area contributed by atoms with Gasteiger partial charge in [-0.1, -0.05) is 31.5 Å². The summed E-state index contributed by atoms with van der Waals surface area (Å²) in [5.41, 5.74) is 1.55. The fourth-order valence-electron chi connectivity index (χ4n) is 2.03. The second-order valence-electron chi connectivity index (χ2n) is 5.97. The number of carbonyl (C=O) groups is 1. The zero-order valence-electron chi connectivity index (χ0n) is 14.0. The van der Waals surface area contributed by atoms with E-state index in [0.717, 1.165) is 23.5 Å². The first-order chi connectivity index (χ1) is 11.5. The van der Waals surface area contributed by atoms with Crippen LogP contribution >= 0.6 is 11.6 Å². The van der Waals surface area contributed by atoms with E-state index >= 15 is 0 Å². The van der Waals surface area contributed by atoms with Crippen LogP contribution in [-0.4, -0.2) is 19.1 Å². The lowest BCUT2D eigenvalue weighted by Crippen LogP contribution is -2.21. The van der Waals surface area contributed by atoms with E-state index in [1.807, 2.05) is 36.4 Å². The van der Waals surface area contributed by atoms with Crippen molar-refractivity contribution in [2.75, 3.05) is 23.8 Å². The Kier molecular flexibility index (Phi) is 6.94. The molecular weight excluding hydrogens is 324 g/mol. The van der Waals surface area contributed by atoms with Gasteiger partial charge in [-0.25, -0.2) is 0 Å². The van der Waals surface area contributed by atoms with E-state index in [-0.39, 0.29) is 12.5 Å². The minimum atomic E-state index is -0.122. The summed E-state index contributed by atoms with van der Waals surface area (Å²) in [5.74, 6) is 1.31. The van der Waals surface area contributed by atoms with Crippen molar-refractivity contribution in [3.8, 4) is 5.75 Å². The average Bonchev–Trinajstić information content (AvgIpc) is 2.54. The molecule has 1 amide bonds. The van der Waals surface area contributed by atoms with E-state index in [4.69, 9.17) is 16.3 Å². The summed E-state index contributed by atoms with van der Waals surface area (Å²) in [4.78, 5) is 12.0. The molecule has 0 aliphatic heterocycles. The van der Waals surface area contributed by atoms with Crippen molar-refractivity contribution in [1.82, 2.24) is 0 Å². The molecule has 5 heteroatoms. The number of nitrogens with one attached hydrogen (secondary N) is 2. The van der Waals surface area contributed by atoms with Gasteiger partial charge in [-0.3, -0.25) is 4.79 Å². The molecular formula is C19H23ClN2O2. The van der Waals surface area contributed by atoms with E-state index in [2.05, 4.69) is 24.5 Å². The van der Waals surface area contributed by atoms with Crippen LogP contribution in [0.4, 0.5) is 11.4 Å². The van der Waals surface area contributed by atoms with Crippen molar-refractivity contribution in [1.29, 1.82) is 0 Å². The minimum absolute atomic E-state index is 0.122. The second kappa shape index (κ2) is 9.18. The summed E-state index contributed by atoms with van der Waals surface area (Å²) in [7, 11) is 0. The largest absolute Gasteiger partial charge is 0.494 e. The molecule has 24 heavy (non-hydrogen) atoms. The molecule has 0 radical (unpaired) electrons. The third kappa shape index (κ3) is 6.50. The molecule has 0 saturated heterocycles. The normalized spacial score (nSPS) is 10.5. The van der Waals surface area contributed by atoms with Gasteiger partial charge in [0.1, 0.15) is 5.75 Å². The number of anilines is 2. The Morgan fingerprint density at radius 1 is 1.12 bits per heavy atom. The van der Waals surface area contributed by atoms with Crippen LogP contribution in [0.2, 0.25) is 5.02 Å². The lowest BCUT2D eigenvalue weighted by atomic mass is 10.1. The van der Waals surface area contributed by atoms with Gasteiger partial charge < -0.3 is 15.4 Å². The molecule has 0 spiro atoms. The molecule has 0 bridgehead atoms. The van der Waals surface area contributed by atoms with Gasteiger partial charge in [-0.15, -0.1) is 0 Å². The molecule has 2 aromatic carbocycles. The summed E-state index contributed by atoms with van der Waals surface area (Å²) in [6.45, 7) is 5.21. The number of amides is 1. The lowest BCUT2D eigenvalue weighted by molar-refractivity contribution is -0.114. The minimum Gasteiger partial charge on any atom is -0.494 e. The van der Waals surface area contributed by atoms with Crippen molar-refractivity contribution >= 4 is 28.9 Å². The Labute approximate surface area is 148 Å². The molecule has 0 unspecified atom stereocenters. The highest BCUT2D eigenvalue weighted by molar-refractivity contribution is 6.30. The number of hydrogen-bond donors (Lipinski definition) is 2. The van der Waals surface area contributed by atoms with Crippen LogP contribution in [0.1, 0.15) is 20.3 Å². The number of rotatable bonds is 8. The molecule has 0 atom stereocenters.